The number of rotatable bonds is 3. The minimum atomic E-state index is -3.05. The molecule has 6 heteroatoms. The third-order valence-corrected chi connectivity index (χ3v) is 2.66. The fraction of sp³-hybridized carbons (Fsp3) is 0.400. The first-order valence-electron chi connectivity index (χ1n) is 4.45. The largest absolute Gasteiger partial charge is 0.481 e. The molecular weight excluding hydrogens is 222 g/mol. The molecule has 0 saturated carbocycles. The molecule has 0 radical (unpaired) electrons. The number of carbonyl (C=O) groups is 2. The van der Waals surface area contributed by atoms with Crippen LogP contribution in [0.5, 0.6) is 0 Å². The highest BCUT2D eigenvalue weighted by Crippen LogP contribution is 2.41. The Morgan fingerprint density at radius 2 is 2.00 bits per heavy atom. The van der Waals surface area contributed by atoms with Crippen molar-refractivity contribution in [2.45, 2.75) is 13.3 Å². The smallest absolute Gasteiger partial charge is 0.332 e. The first kappa shape index (κ1) is 12.4. The molecule has 2 atom stereocenters. The normalized spacial score (nSPS) is 29.0. The number of carboxylic acid groups (broad SMARTS) is 2. The Morgan fingerprint density at radius 3 is 2.38 bits per heavy atom. The Labute approximate surface area is 89.9 Å². The summed E-state index contributed by atoms with van der Waals surface area (Å²) in [4.78, 5) is 21.7. The van der Waals surface area contributed by atoms with Gasteiger partial charge in [0.15, 0.2) is 0 Å². The van der Waals surface area contributed by atoms with E-state index in [4.69, 9.17) is 10.2 Å². The van der Waals surface area contributed by atoms with Crippen LogP contribution in [0.25, 0.3) is 0 Å². The molecule has 0 spiro atoms. The third kappa shape index (κ3) is 1.82. The summed E-state index contributed by atoms with van der Waals surface area (Å²) in [5, 5.41) is 17.7. The Kier molecular flexibility index (Phi) is 3.11. The lowest BCUT2D eigenvalue weighted by molar-refractivity contribution is -0.151. The summed E-state index contributed by atoms with van der Waals surface area (Å²) in [6, 6.07) is 0. The number of carboxylic acids is 2. The molecule has 1 aliphatic carbocycles. The van der Waals surface area contributed by atoms with E-state index in [1.165, 1.54) is 6.08 Å². The first-order valence-corrected chi connectivity index (χ1v) is 4.45. The highest BCUT2D eigenvalue weighted by Gasteiger charge is 2.49. The van der Waals surface area contributed by atoms with Crippen molar-refractivity contribution in [1.29, 1.82) is 0 Å². The second-order valence-corrected chi connectivity index (χ2v) is 3.69. The molecule has 1 rings (SSSR count). The van der Waals surface area contributed by atoms with Crippen LogP contribution < -0.4 is 0 Å². The molecule has 0 aromatic rings. The second kappa shape index (κ2) is 4.03. The van der Waals surface area contributed by atoms with Gasteiger partial charge in [-0.25, -0.2) is 13.6 Å². The van der Waals surface area contributed by atoms with Gasteiger partial charge in [-0.15, -0.1) is 0 Å². The standard InChI is InChI=1S/C10H10F2O4/c1-10(9(15)16)4-2-3-5(8(13)14)6(10)7(11)12/h2-4,6-7H,1H3,(H,13,14)(H,15,16). The molecule has 0 amide bonds. The quantitative estimate of drug-likeness (QED) is 0.773. The van der Waals surface area contributed by atoms with Gasteiger partial charge in [0.1, 0.15) is 0 Å². The minimum absolute atomic E-state index is 0.581. The number of hydrogen-bond acceptors (Lipinski definition) is 2. The summed E-state index contributed by atoms with van der Waals surface area (Å²) in [5.74, 6) is -4.84. The Hall–Kier alpha value is -1.72. The van der Waals surface area contributed by atoms with Crippen molar-refractivity contribution in [1.82, 2.24) is 0 Å². The maximum atomic E-state index is 12.8. The SMILES string of the molecule is CC1(C(=O)O)C=CC=C(C(=O)O)C1C(F)F. The van der Waals surface area contributed by atoms with Crippen LogP contribution in [0.3, 0.4) is 0 Å². The van der Waals surface area contributed by atoms with E-state index in [1.54, 1.807) is 0 Å². The Morgan fingerprint density at radius 1 is 1.44 bits per heavy atom. The molecule has 0 aliphatic heterocycles. The Balaban J connectivity index is 3.27. The summed E-state index contributed by atoms with van der Waals surface area (Å²) in [6.45, 7) is 1.08. The molecule has 2 unspecified atom stereocenters. The van der Waals surface area contributed by atoms with Gasteiger partial charge in [0.2, 0.25) is 6.43 Å². The van der Waals surface area contributed by atoms with Gasteiger partial charge in [0.25, 0.3) is 0 Å². The van der Waals surface area contributed by atoms with Crippen LogP contribution in [0.2, 0.25) is 0 Å². The van der Waals surface area contributed by atoms with Crippen molar-refractivity contribution >= 4 is 11.9 Å². The van der Waals surface area contributed by atoms with Gasteiger partial charge in [0, 0.05) is 5.57 Å². The van der Waals surface area contributed by atoms with Crippen LogP contribution >= 0.6 is 0 Å². The molecule has 0 fully saturated rings. The van der Waals surface area contributed by atoms with Crippen LogP contribution in [0.1, 0.15) is 6.92 Å². The van der Waals surface area contributed by atoms with E-state index in [0.717, 1.165) is 19.1 Å². The van der Waals surface area contributed by atoms with Gasteiger partial charge >= 0.3 is 11.9 Å². The van der Waals surface area contributed by atoms with Crippen LogP contribution in [0, 0.1) is 11.3 Å². The van der Waals surface area contributed by atoms with Crippen molar-refractivity contribution < 1.29 is 28.6 Å². The Bertz CT molecular complexity index is 386. The zero-order valence-corrected chi connectivity index (χ0v) is 8.35. The third-order valence-electron chi connectivity index (χ3n) is 2.66. The van der Waals surface area contributed by atoms with Crippen molar-refractivity contribution in [3.63, 3.8) is 0 Å². The van der Waals surface area contributed by atoms with E-state index in [2.05, 4.69) is 0 Å². The number of allylic oxidation sites excluding steroid dienone is 2. The van der Waals surface area contributed by atoms with E-state index in [1.807, 2.05) is 0 Å². The van der Waals surface area contributed by atoms with E-state index in [0.29, 0.717) is 0 Å². The van der Waals surface area contributed by atoms with Gasteiger partial charge in [-0.05, 0) is 6.92 Å². The van der Waals surface area contributed by atoms with Crippen LogP contribution in [-0.4, -0.2) is 28.6 Å². The molecule has 4 nitrogen and oxygen atoms in total. The number of hydrogen-bond donors (Lipinski definition) is 2. The predicted octanol–water partition coefficient (Wildman–Crippen LogP) is 1.54. The summed E-state index contributed by atoms with van der Waals surface area (Å²) in [5.41, 5.74) is -2.47. The maximum absolute atomic E-state index is 12.8. The molecule has 0 heterocycles. The van der Waals surface area contributed by atoms with E-state index >= 15 is 0 Å². The van der Waals surface area contributed by atoms with Crippen molar-refractivity contribution in [3.05, 3.63) is 23.8 Å². The van der Waals surface area contributed by atoms with Gasteiger partial charge < -0.3 is 10.2 Å². The van der Waals surface area contributed by atoms with Crippen molar-refractivity contribution in [3.8, 4) is 0 Å². The van der Waals surface area contributed by atoms with E-state index in [9.17, 15) is 18.4 Å². The van der Waals surface area contributed by atoms with Crippen molar-refractivity contribution in [2.24, 2.45) is 11.3 Å². The average molecular weight is 232 g/mol. The highest BCUT2D eigenvalue weighted by molar-refractivity contribution is 5.91. The topological polar surface area (TPSA) is 74.6 Å². The van der Waals surface area contributed by atoms with Crippen LogP contribution in [-0.2, 0) is 9.59 Å². The van der Waals surface area contributed by atoms with Gasteiger partial charge in [-0.2, -0.15) is 0 Å². The van der Waals surface area contributed by atoms with E-state index < -0.39 is 35.3 Å². The lowest BCUT2D eigenvalue weighted by Crippen LogP contribution is -2.42. The van der Waals surface area contributed by atoms with Crippen LogP contribution in [0.15, 0.2) is 23.8 Å². The molecule has 0 saturated heterocycles. The molecule has 2 N–H and O–H groups in total. The lowest BCUT2D eigenvalue weighted by atomic mass is 9.70. The number of halogens is 2. The van der Waals surface area contributed by atoms with Crippen LogP contribution in [0.4, 0.5) is 8.78 Å². The predicted molar refractivity (Wildman–Crippen MR) is 50.1 cm³/mol. The highest BCUT2D eigenvalue weighted by atomic mass is 19.3. The fourth-order valence-corrected chi connectivity index (χ4v) is 1.69. The monoisotopic (exact) mass is 232 g/mol. The number of aliphatic carboxylic acids is 2. The number of alkyl halides is 2. The molecular formula is C10H10F2O4. The summed E-state index contributed by atoms with van der Waals surface area (Å²) in [6.07, 6.45) is 0.215. The van der Waals surface area contributed by atoms with Gasteiger partial charge in [-0.3, -0.25) is 4.79 Å². The summed E-state index contributed by atoms with van der Waals surface area (Å²) >= 11 is 0. The maximum Gasteiger partial charge on any atom is 0.332 e. The molecule has 88 valence electrons. The zero-order chi connectivity index (χ0) is 12.5. The summed E-state index contributed by atoms with van der Waals surface area (Å²) in [7, 11) is 0. The van der Waals surface area contributed by atoms with Gasteiger partial charge in [0.05, 0.1) is 11.3 Å². The molecule has 0 bridgehead atoms. The molecule has 1 aliphatic rings. The fourth-order valence-electron chi connectivity index (χ4n) is 1.69. The second-order valence-electron chi connectivity index (χ2n) is 3.69. The zero-order valence-electron chi connectivity index (χ0n) is 8.35. The first-order chi connectivity index (χ1) is 7.30. The summed E-state index contributed by atoms with van der Waals surface area (Å²) < 4.78 is 25.6. The average Bonchev–Trinajstić information content (AvgIpc) is 2.16. The molecule has 0 aromatic carbocycles. The molecule has 16 heavy (non-hydrogen) atoms. The lowest BCUT2D eigenvalue weighted by Gasteiger charge is -2.33. The van der Waals surface area contributed by atoms with E-state index in [-0.39, 0.29) is 0 Å². The van der Waals surface area contributed by atoms with Gasteiger partial charge in [-0.1, -0.05) is 18.2 Å². The minimum Gasteiger partial charge on any atom is -0.481 e. The van der Waals surface area contributed by atoms with Crippen molar-refractivity contribution in [2.75, 3.05) is 0 Å². The molecule has 0 aromatic heterocycles.